The van der Waals surface area contributed by atoms with E-state index >= 15 is 0 Å². The summed E-state index contributed by atoms with van der Waals surface area (Å²) in [6.45, 7) is 12.7. The highest BCUT2D eigenvalue weighted by molar-refractivity contribution is 5.96. The first-order chi connectivity index (χ1) is 12.8. The van der Waals surface area contributed by atoms with Gasteiger partial charge in [0.15, 0.2) is 0 Å². The van der Waals surface area contributed by atoms with E-state index < -0.39 is 5.60 Å². The summed E-state index contributed by atoms with van der Waals surface area (Å²) in [7, 11) is 0. The molecule has 2 amide bonds. The van der Waals surface area contributed by atoms with Crippen LogP contribution in [0.4, 0.5) is 4.79 Å². The Morgan fingerprint density at radius 1 is 1.26 bits per heavy atom. The Morgan fingerprint density at radius 3 is 2.48 bits per heavy atom. The van der Waals surface area contributed by atoms with Gasteiger partial charge < -0.3 is 14.5 Å². The number of amides is 2. The maximum absolute atomic E-state index is 13.1. The van der Waals surface area contributed by atoms with Gasteiger partial charge in [0.25, 0.3) is 5.91 Å². The number of likely N-dealkylation sites (tertiary alicyclic amines) is 1. The summed E-state index contributed by atoms with van der Waals surface area (Å²) in [5, 5.41) is 4.47. The fraction of sp³-hybridized carbons (Fsp3) is 0.750. The fourth-order valence-corrected chi connectivity index (χ4v) is 4.41. The molecule has 0 bridgehead atoms. The van der Waals surface area contributed by atoms with E-state index in [2.05, 4.69) is 18.9 Å². The number of carbonyl (C=O) groups is 2. The zero-order chi connectivity index (χ0) is 19.8. The smallest absolute Gasteiger partial charge is 0.410 e. The summed E-state index contributed by atoms with van der Waals surface area (Å²) in [6.07, 6.45) is 3.21. The summed E-state index contributed by atoms with van der Waals surface area (Å²) in [5.41, 5.74) is 1.99. The molecule has 0 aromatic carbocycles. The van der Waals surface area contributed by atoms with Gasteiger partial charge in [0.1, 0.15) is 5.60 Å². The molecular weight excluding hydrogens is 344 g/mol. The second-order valence-electron chi connectivity index (χ2n) is 7.97. The minimum atomic E-state index is -0.437. The third-order valence-electron chi connectivity index (χ3n) is 6.09. The largest absolute Gasteiger partial charge is 0.441 e. The van der Waals surface area contributed by atoms with Crippen molar-refractivity contribution in [2.45, 2.75) is 78.5 Å². The van der Waals surface area contributed by atoms with Gasteiger partial charge in [-0.05, 0) is 34.1 Å². The highest BCUT2D eigenvalue weighted by Crippen LogP contribution is 2.35. The lowest BCUT2D eigenvalue weighted by atomic mass is 9.90. The summed E-state index contributed by atoms with van der Waals surface area (Å²) >= 11 is 0. The molecule has 7 nitrogen and oxygen atoms in total. The lowest BCUT2D eigenvalue weighted by Crippen LogP contribution is -2.49. The van der Waals surface area contributed by atoms with Crippen LogP contribution < -0.4 is 0 Å². The molecule has 7 heteroatoms. The number of nitrogens with zero attached hydrogens (tertiary/aromatic N) is 4. The van der Waals surface area contributed by atoms with E-state index in [1.807, 2.05) is 35.3 Å². The Balaban J connectivity index is 1.66. The van der Waals surface area contributed by atoms with Crippen LogP contribution in [0.1, 0.15) is 68.2 Å². The third-order valence-corrected chi connectivity index (χ3v) is 6.09. The highest BCUT2D eigenvalue weighted by Gasteiger charge is 2.48. The molecule has 1 spiro atoms. The molecule has 27 heavy (non-hydrogen) atoms. The molecule has 2 saturated heterocycles. The van der Waals surface area contributed by atoms with Crippen molar-refractivity contribution < 1.29 is 14.3 Å². The molecule has 0 N–H and O–H groups in total. The van der Waals surface area contributed by atoms with E-state index in [1.54, 1.807) is 0 Å². The van der Waals surface area contributed by atoms with E-state index in [1.165, 1.54) is 0 Å². The Labute approximate surface area is 161 Å². The molecule has 150 valence electrons. The quantitative estimate of drug-likeness (QED) is 0.792. The molecule has 3 rings (SSSR count). The van der Waals surface area contributed by atoms with Crippen LogP contribution in [-0.2, 0) is 11.3 Å². The van der Waals surface area contributed by atoms with Crippen LogP contribution in [0.3, 0.4) is 0 Å². The number of aromatic nitrogens is 2. The zero-order valence-electron chi connectivity index (χ0n) is 17.2. The van der Waals surface area contributed by atoms with Crippen molar-refractivity contribution in [3.8, 4) is 0 Å². The molecule has 2 fully saturated rings. The van der Waals surface area contributed by atoms with Gasteiger partial charge in [-0.1, -0.05) is 13.3 Å². The summed E-state index contributed by atoms with van der Waals surface area (Å²) in [5.74, 6) is 0.0417. The average molecular weight is 377 g/mol. The molecular formula is C20H32N4O3. The van der Waals surface area contributed by atoms with E-state index in [-0.39, 0.29) is 18.0 Å². The van der Waals surface area contributed by atoms with E-state index in [0.717, 1.165) is 36.3 Å². The van der Waals surface area contributed by atoms with Crippen LogP contribution in [0, 0.1) is 13.8 Å². The minimum absolute atomic E-state index is 0.0417. The number of aryl methyl sites for hydroxylation is 2. The van der Waals surface area contributed by atoms with Crippen LogP contribution in [0.25, 0.3) is 0 Å². The molecule has 1 atom stereocenters. The van der Waals surface area contributed by atoms with Crippen LogP contribution >= 0.6 is 0 Å². The Kier molecular flexibility index (Phi) is 5.49. The van der Waals surface area contributed by atoms with E-state index in [9.17, 15) is 9.59 Å². The zero-order valence-corrected chi connectivity index (χ0v) is 17.2. The predicted molar refractivity (Wildman–Crippen MR) is 103 cm³/mol. The highest BCUT2D eigenvalue weighted by atomic mass is 16.6. The first-order valence-corrected chi connectivity index (χ1v) is 10.1. The van der Waals surface area contributed by atoms with Crippen molar-refractivity contribution in [1.82, 2.24) is 19.6 Å². The van der Waals surface area contributed by atoms with Crippen molar-refractivity contribution in [2.24, 2.45) is 0 Å². The molecule has 2 aliphatic rings. The van der Waals surface area contributed by atoms with Crippen molar-refractivity contribution in [3.63, 3.8) is 0 Å². The lowest BCUT2D eigenvalue weighted by Gasteiger charge is -2.37. The monoisotopic (exact) mass is 376 g/mol. The van der Waals surface area contributed by atoms with Gasteiger partial charge >= 0.3 is 6.09 Å². The van der Waals surface area contributed by atoms with E-state index in [0.29, 0.717) is 32.5 Å². The van der Waals surface area contributed by atoms with Crippen LogP contribution in [0.15, 0.2) is 0 Å². The summed E-state index contributed by atoms with van der Waals surface area (Å²) in [4.78, 5) is 29.1. The molecule has 0 saturated carbocycles. The predicted octanol–water partition coefficient (Wildman–Crippen LogP) is 3.14. The molecule has 3 heterocycles. The van der Waals surface area contributed by atoms with Crippen LogP contribution in [0.5, 0.6) is 0 Å². The van der Waals surface area contributed by atoms with Crippen molar-refractivity contribution >= 4 is 12.0 Å². The third kappa shape index (κ3) is 3.56. The minimum Gasteiger partial charge on any atom is -0.441 e. The van der Waals surface area contributed by atoms with Gasteiger partial charge in [0.05, 0.1) is 17.8 Å². The number of carbonyl (C=O) groups excluding carboxylic acids is 2. The SMILES string of the molecule is CCC[C@@H](C)N1CC2(CCN(C(=O)c3c(C)nn(CC)c3C)CC2)OC1=O. The maximum atomic E-state index is 13.1. The van der Waals surface area contributed by atoms with Gasteiger partial charge in [-0.25, -0.2) is 4.79 Å². The van der Waals surface area contributed by atoms with E-state index in [4.69, 9.17) is 4.74 Å². The standard InChI is InChI=1S/C20H32N4O3/c1-6-8-14(3)23-13-20(27-19(23)26)9-11-22(12-10-20)18(25)17-15(4)21-24(7-2)16(17)5/h14H,6-13H2,1-5H3/t14-/m1/s1. The second kappa shape index (κ2) is 7.52. The van der Waals surface area contributed by atoms with Gasteiger partial charge in [-0.3, -0.25) is 9.48 Å². The molecule has 1 aromatic heterocycles. The Morgan fingerprint density at radius 2 is 1.93 bits per heavy atom. The summed E-state index contributed by atoms with van der Waals surface area (Å²) in [6, 6.07) is 0.201. The first-order valence-electron chi connectivity index (χ1n) is 10.1. The number of piperidine rings is 1. The first kappa shape index (κ1) is 19.7. The van der Waals surface area contributed by atoms with Crippen LogP contribution in [-0.4, -0.2) is 62.9 Å². The van der Waals surface area contributed by atoms with Gasteiger partial charge in [-0.15, -0.1) is 0 Å². The topological polar surface area (TPSA) is 67.7 Å². The second-order valence-corrected chi connectivity index (χ2v) is 7.97. The normalized spacial score (nSPS) is 20.3. The van der Waals surface area contributed by atoms with Gasteiger partial charge in [0.2, 0.25) is 0 Å². The number of rotatable bonds is 5. The van der Waals surface area contributed by atoms with Crippen molar-refractivity contribution in [1.29, 1.82) is 0 Å². The number of ether oxygens (including phenoxy) is 1. The molecule has 0 radical (unpaired) electrons. The molecule has 0 unspecified atom stereocenters. The van der Waals surface area contributed by atoms with Crippen LogP contribution in [0.2, 0.25) is 0 Å². The lowest BCUT2D eigenvalue weighted by molar-refractivity contribution is 0.00303. The number of hydrogen-bond acceptors (Lipinski definition) is 4. The average Bonchev–Trinajstić information content (AvgIpc) is 3.11. The van der Waals surface area contributed by atoms with Crippen molar-refractivity contribution in [2.75, 3.05) is 19.6 Å². The number of hydrogen-bond donors (Lipinski definition) is 0. The van der Waals surface area contributed by atoms with Gasteiger partial charge in [-0.2, -0.15) is 5.10 Å². The molecule has 1 aromatic rings. The fourth-order valence-electron chi connectivity index (χ4n) is 4.41. The van der Waals surface area contributed by atoms with Gasteiger partial charge in [0, 0.05) is 44.2 Å². The maximum Gasteiger partial charge on any atom is 0.410 e. The Bertz CT molecular complexity index is 719. The molecule has 0 aliphatic carbocycles. The Hall–Kier alpha value is -2.05. The van der Waals surface area contributed by atoms with Crippen molar-refractivity contribution in [3.05, 3.63) is 17.0 Å². The molecule has 2 aliphatic heterocycles. The summed E-state index contributed by atoms with van der Waals surface area (Å²) < 4.78 is 7.68.